The molecule has 2 atom stereocenters. The van der Waals surface area contributed by atoms with Crippen molar-refractivity contribution in [2.75, 3.05) is 39.3 Å². The lowest BCUT2D eigenvalue weighted by atomic mass is 10.0. The van der Waals surface area contributed by atoms with Crippen molar-refractivity contribution in [3.63, 3.8) is 0 Å². The molecule has 4 amide bonds. The van der Waals surface area contributed by atoms with Gasteiger partial charge in [0.1, 0.15) is 17.8 Å². The molecule has 0 unspecified atom stereocenters. The first kappa shape index (κ1) is 30.4. The molecular weight excluding hydrogens is 498 g/mol. The van der Waals surface area contributed by atoms with E-state index in [4.69, 9.17) is 4.74 Å². The molecule has 4 N–H and O–H groups in total. The monoisotopic (exact) mass is 543 g/mol. The van der Waals surface area contributed by atoms with E-state index in [-0.39, 0.29) is 36.5 Å². The number of hydrogen-bond donors (Lipinski definition) is 4. The molecule has 0 spiro atoms. The summed E-state index contributed by atoms with van der Waals surface area (Å²) in [7, 11) is 0. The van der Waals surface area contributed by atoms with Gasteiger partial charge in [0.15, 0.2) is 0 Å². The molecule has 0 aromatic heterocycles. The molecule has 0 aliphatic carbocycles. The van der Waals surface area contributed by atoms with Crippen molar-refractivity contribution in [2.45, 2.75) is 77.3 Å². The third-order valence-electron chi connectivity index (χ3n) is 7.05. The number of carbonyl (C=O) groups is 4. The summed E-state index contributed by atoms with van der Waals surface area (Å²) in [6.07, 6.45) is 5.47. The summed E-state index contributed by atoms with van der Waals surface area (Å²) >= 11 is 0. The Morgan fingerprint density at radius 1 is 1.08 bits per heavy atom. The second-order valence-corrected chi connectivity index (χ2v) is 10.9. The van der Waals surface area contributed by atoms with Crippen LogP contribution in [-0.2, 0) is 14.4 Å². The Morgan fingerprint density at radius 3 is 2.62 bits per heavy atom. The molecule has 2 aliphatic rings. The number of ether oxygens (including phenoxy) is 1. The minimum Gasteiger partial charge on any atom is -0.493 e. The molecule has 3 rings (SSSR count). The van der Waals surface area contributed by atoms with Crippen molar-refractivity contribution in [3.05, 3.63) is 29.8 Å². The molecule has 0 radical (unpaired) electrons. The van der Waals surface area contributed by atoms with Crippen LogP contribution in [0.2, 0.25) is 0 Å². The summed E-state index contributed by atoms with van der Waals surface area (Å²) in [5.74, 6) is -0.711. The van der Waals surface area contributed by atoms with Gasteiger partial charge in [-0.05, 0) is 82.6 Å². The van der Waals surface area contributed by atoms with E-state index in [0.29, 0.717) is 43.9 Å². The van der Waals surface area contributed by atoms with E-state index in [1.165, 1.54) is 12.8 Å². The normalized spacial score (nSPS) is 21.9. The highest BCUT2D eigenvalue weighted by molar-refractivity contribution is 5.99. The zero-order valence-corrected chi connectivity index (χ0v) is 23.4. The first-order chi connectivity index (χ1) is 18.8. The van der Waals surface area contributed by atoms with Crippen LogP contribution < -0.4 is 26.0 Å². The van der Waals surface area contributed by atoms with E-state index < -0.39 is 18.0 Å². The molecule has 1 aromatic carbocycles. The minimum atomic E-state index is -0.903. The lowest BCUT2D eigenvalue weighted by Gasteiger charge is -2.23. The molecule has 2 aliphatic heterocycles. The van der Waals surface area contributed by atoms with Crippen LogP contribution in [-0.4, -0.2) is 79.9 Å². The van der Waals surface area contributed by atoms with Crippen molar-refractivity contribution in [1.82, 2.24) is 26.2 Å². The van der Waals surface area contributed by atoms with Gasteiger partial charge < -0.3 is 30.9 Å². The molecule has 1 aromatic rings. The van der Waals surface area contributed by atoms with Gasteiger partial charge in [0.2, 0.25) is 17.7 Å². The van der Waals surface area contributed by atoms with Crippen molar-refractivity contribution in [3.8, 4) is 5.75 Å². The molecule has 10 nitrogen and oxygen atoms in total. The van der Waals surface area contributed by atoms with E-state index in [9.17, 15) is 19.2 Å². The number of nitrogens with zero attached hydrogens (tertiary/aromatic N) is 1. The van der Waals surface area contributed by atoms with E-state index in [1.807, 2.05) is 13.8 Å². The standard InChI is InChI=1S/C29H45N5O5/c1-21(2)20-24-29(38)31-15-9-19-39-25-11-4-3-10-22(25)27(36)33-23(12-13-26(35)32-24)28(37)30-14-5-6-16-34-17-7-8-18-34/h3-4,10-11,21,23-24H,5-9,12-20H2,1-2H3,(H,30,37)(H,31,38)(H,32,35)(H,33,36)/t23-,24+/m0/s1. The number of likely N-dealkylation sites (tertiary alicyclic amines) is 1. The highest BCUT2D eigenvalue weighted by atomic mass is 16.5. The van der Waals surface area contributed by atoms with Gasteiger partial charge in [-0.3, -0.25) is 19.2 Å². The SMILES string of the molecule is CC(C)C[C@H]1NC(=O)CC[C@@H](C(=O)NCCCCN2CCCC2)NC(=O)c2ccccc2OCCCNC1=O. The predicted molar refractivity (Wildman–Crippen MR) is 149 cm³/mol. The summed E-state index contributed by atoms with van der Waals surface area (Å²) in [5.41, 5.74) is 0.318. The number of hydrogen-bond acceptors (Lipinski definition) is 6. The van der Waals surface area contributed by atoms with Crippen LogP contribution in [0.4, 0.5) is 0 Å². The maximum atomic E-state index is 13.2. The molecule has 0 saturated carbocycles. The zero-order chi connectivity index (χ0) is 28.0. The number of para-hydroxylation sites is 1. The van der Waals surface area contributed by atoms with Crippen LogP contribution in [0.5, 0.6) is 5.75 Å². The number of fused-ring (bicyclic) bond motifs is 1. The minimum absolute atomic E-state index is 0.00660. The van der Waals surface area contributed by atoms with Gasteiger partial charge in [0.05, 0.1) is 12.2 Å². The summed E-state index contributed by atoms with van der Waals surface area (Å²) in [4.78, 5) is 54.4. The second kappa shape index (κ2) is 16.1. The van der Waals surface area contributed by atoms with Crippen LogP contribution in [0, 0.1) is 5.92 Å². The number of benzene rings is 1. The Morgan fingerprint density at radius 2 is 1.85 bits per heavy atom. The van der Waals surface area contributed by atoms with Crippen molar-refractivity contribution >= 4 is 23.6 Å². The fourth-order valence-electron chi connectivity index (χ4n) is 4.92. The quantitative estimate of drug-likeness (QED) is 0.371. The molecule has 39 heavy (non-hydrogen) atoms. The van der Waals surface area contributed by atoms with Gasteiger partial charge in [0.25, 0.3) is 5.91 Å². The largest absolute Gasteiger partial charge is 0.493 e. The summed E-state index contributed by atoms with van der Waals surface area (Å²) in [6.45, 7) is 8.49. The van der Waals surface area contributed by atoms with E-state index in [2.05, 4.69) is 26.2 Å². The van der Waals surface area contributed by atoms with Gasteiger partial charge in [-0.25, -0.2) is 0 Å². The number of carbonyl (C=O) groups excluding carboxylic acids is 4. The second-order valence-electron chi connectivity index (χ2n) is 10.9. The van der Waals surface area contributed by atoms with Crippen LogP contribution in [0.3, 0.4) is 0 Å². The highest BCUT2D eigenvalue weighted by Gasteiger charge is 2.26. The first-order valence-corrected chi connectivity index (χ1v) is 14.4. The van der Waals surface area contributed by atoms with Gasteiger partial charge in [-0.2, -0.15) is 0 Å². The molecule has 1 fully saturated rings. The average Bonchev–Trinajstić information content (AvgIpc) is 3.43. The van der Waals surface area contributed by atoms with Crippen LogP contribution in [0.1, 0.15) is 75.6 Å². The first-order valence-electron chi connectivity index (χ1n) is 14.4. The van der Waals surface area contributed by atoms with Crippen LogP contribution in [0.25, 0.3) is 0 Å². The Kier molecular flexibility index (Phi) is 12.5. The smallest absolute Gasteiger partial charge is 0.255 e. The predicted octanol–water partition coefficient (Wildman–Crippen LogP) is 1.99. The highest BCUT2D eigenvalue weighted by Crippen LogP contribution is 2.19. The maximum Gasteiger partial charge on any atom is 0.255 e. The van der Waals surface area contributed by atoms with E-state index in [0.717, 1.165) is 32.5 Å². The molecule has 0 bridgehead atoms. The van der Waals surface area contributed by atoms with Gasteiger partial charge >= 0.3 is 0 Å². The summed E-state index contributed by atoms with van der Waals surface area (Å²) < 4.78 is 5.85. The van der Waals surface area contributed by atoms with Crippen molar-refractivity contribution < 1.29 is 23.9 Å². The van der Waals surface area contributed by atoms with Crippen molar-refractivity contribution in [2.24, 2.45) is 5.92 Å². The Bertz CT molecular complexity index is 963. The Hall–Kier alpha value is -3.14. The average molecular weight is 544 g/mol. The fourth-order valence-corrected chi connectivity index (χ4v) is 4.92. The number of nitrogens with one attached hydrogen (secondary N) is 4. The van der Waals surface area contributed by atoms with Gasteiger partial charge in [-0.1, -0.05) is 26.0 Å². The third-order valence-corrected chi connectivity index (χ3v) is 7.05. The van der Waals surface area contributed by atoms with Gasteiger partial charge in [-0.15, -0.1) is 0 Å². The van der Waals surface area contributed by atoms with Crippen LogP contribution >= 0.6 is 0 Å². The molecule has 1 saturated heterocycles. The van der Waals surface area contributed by atoms with Crippen molar-refractivity contribution in [1.29, 1.82) is 0 Å². The number of rotatable bonds is 8. The van der Waals surface area contributed by atoms with E-state index >= 15 is 0 Å². The fraction of sp³-hybridized carbons (Fsp3) is 0.655. The van der Waals surface area contributed by atoms with Gasteiger partial charge in [0, 0.05) is 19.5 Å². The Labute approximate surface area is 232 Å². The lowest BCUT2D eigenvalue weighted by molar-refractivity contribution is -0.129. The number of unbranched alkanes of at least 4 members (excludes halogenated alkanes) is 1. The summed E-state index contributed by atoms with van der Waals surface area (Å²) in [5, 5.41) is 11.4. The molecule has 10 heteroatoms. The topological polar surface area (TPSA) is 129 Å². The molecular formula is C29H45N5O5. The molecule has 216 valence electrons. The lowest BCUT2D eigenvalue weighted by Crippen LogP contribution is -2.49. The number of amides is 4. The summed E-state index contributed by atoms with van der Waals surface area (Å²) in [6, 6.07) is 5.30. The third kappa shape index (κ3) is 10.5. The Balaban J connectivity index is 1.67. The maximum absolute atomic E-state index is 13.2. The molecule has 2 heterocycles. The zero-order valence-electron chi connectivity index (χ0n) is 23.4. The van der Waals surface area contributed by atoms with E-state index in [1.54, 1.807) is 24.3 Å². The van der Waals surface area contributed by atoms with Crippen LogP contribution in [0.15, 0.2) is 24.3 Å².